The van der Waals surface area contributed by atoms with Gasteiger partial charge in [0.15, 0.2) is 0 Å². The highest BCUT2D eigenvalue weighted by molar-refractivity contribution is 7.89. The van der Waals surface area contributed by atoms with Gasteiger partial charge < -0.3 is 25.4 Å². The van der Waals surface area contributed by atoms with E-state index in [1.54, 1.807) is 6.92 Å². The Bertz CT molecular complexity index is 1670. The van der Waals surface area contributed by atoms with Gasteiger partial charge in [0, 0.05) is 36.3 Å². The number of primary sulfonamides is 1. The minimum Gasteiger partial charge on any atom is -0.465 e. The summed E-state index contributed by atoms with van der Waals surface area (Å²) in [7, 11) is -4.02. The number of rotatable bonds is 8. The number of ether oxygens (including phenoxy) is 2. The number of aromatic nitrogens is 2. The number of nitrogens with one attached hydrogen (secondary N) is 1. The third-order valence-electron chi connectivity index (χ3n) is 8.11. The predicted octanol–water partition coefficient (Wildman–Crippen LogP) is 4.22. The van der Waals surface area contributed by atoms with E-state index in [1.807, 2.05) is 4.90 Å². The van der Waals surface area contributed by atoms with Crippen LogP contribution in [0.5, 0.6) is 5.88 Å². The van der Waals surface area contributed by atoms with E-state index in [2.05, 4.69) is 15.3 Å². The molecule has 0 unspecified atom stereocenters. The predicted molar refractivity (Wildman–Crippen MR) is 161 cm³/mol. The van der Waals surface area contributed by atoms with Gasteiger partial charge in [-0.05, 0) is 67.0 Å². The molecule has 1 aromatic heterocycles. The van der Waals surface area contributed by atoms with Gasteiger partial charge >= 0.3 is 12.1 Å². The van der Waals surface area contributed by atoms with E-state index in [4.69, 9.17) is 31.9 Å². The molecule has 11 nitrogen and oxygen atoms in total. The van der Waals surface area contributed by atoms with E-state index < -0.39 is 22.3 Å². The summed E-state index contributed by atoms with van der Waals surface area (Å²) in [5.41, 5.74) is 5.87. The molecule has 0 radical (unpaired) electrons. The fourth-order valence-corrected chi connectivity index (χ4v) is 6.52. The average molecular weight is 669 g/mol. The Morgan fingerprint density at radius 2 is 1.84 bits per heavy atom. The summed E-state index contributed by atoms with van der Waals surface area (Å²) < 4.78 is 77.8. The van der Waals surface area contributed by atoms with Crippen molar-refractivity contribution in [1.82, 2.24) is 15.3 Å². The number of hydrogen-bond acceptors (Lipinski definition) is 10. The number of carbonyl (C=O) groups is 1. The van der Waals surface area contributed by atoms with Crippen LogP contribution in [-0.2, 0) is 19.6 Å². The molecule has 0 saturated carbocycles. The van der Waals surface area contributed by atoms with Crippen molar-refractivity contribution >= 4 is 39.4 Å². The number of carbonyl (C=O) groups excluding carboxylic acids is 1. The molecule has 0 amide bonds. The van der Waals surface area contributed by atoms with E-state index in [1.165, 1.54) is 48.5 Å². The summed E-state index contributed by atoms with van der Waals surface area (Å²) in [4.78, 5) is 22.1. The molecule has 5 rings (SSSR count). The topological polar surface area (TPSA) is 163 Å². The van der Waals surface area contributed by atoms with Crippen molar-refractivity contribution in [1.29, 1.82) is 0 Å². The lowest BCUT2D eigenvalue weighted by atomic mass is 9.76. The molecule has 242 valence electrons. The standard InChI is InChI=1S/C29H32ClF3N6O5S/c1-2-43-26(40)22-15-28(16-36-22)9-11-39(12-10-28)23-14-24(38-27(34)37-23)44-25(29(31,32)33)20-8-5-18(30)13-21(20)17-3-6-19(7-4-17)45(35,41)42/h3-8,13-14,22,25,36H,2,9-12,15-16H2,1H3,(H2,34,37,38)(H2,35,41,42)/t22-,25+/m0/s1. The van der Waals surface area contributed by atoms with Gasteiger partial charge in [-0.2, -0.15) is 23.1 Å². The SMILES string of the molecule is CCOC(=O)[C@@H]1CC2(CCN(c3cc(O[C@H](c4ccc(Cl)cc4-c4ccc(S(N)(=O)=O)cc4)C(F)(F)F)nc(N)n3)CC2)CN1. The van der Waals surface area contributed by atoms with Crippen molar-refractivity contribution in [2.45, 2.75) is 49.4 Å². The summed E-state index contributed by atoms with van der Waals surface area (Å²) in [6.45, 7) is 3.79. The van der Waals surface area contributed by atoms with Crippen molar-refractivity contribution in [3.63, 3.8) is 0 Å². The van der Waals surface area contributed by atoms with E-state index in [-0.39, 0.29) is 55.9 Å². The number of anilines is 2. The van der Waals surface area contributed by atoms with Crippen LogP contribution < -0.4 is 25.8 Å². The first-order chi connectivity index (χ1) is 21.2. The van der Waals surface area contributed by atoms with Crippen LogP contribution >= 0.6 is 11.6 Å². The Hall–Kier alpha value is -3.66. The molecular formula is C29H32ClF3N6O5S. The second-order valence-electron chi connectivity index (χ2n) is 11.1. The Morgan fingerprint density at radius 3 is 2.47 bits per heavy atom. The van der Waals surface area contributed by atoms with Crippen LogP contribution in [0, 0.1) is 5.41 Å². The average Bonchev–Trinajstić information content (AvgIpc) is 3.39. The zero-order valence-electron chi connectivity index (χ0n) is 24.2. The van der Waals surface area contributed by atoms with Gasteiger partial charge in [0.05, 0.1) is 11.5 Å². The summed E-state index contributed by atoms with van der Waals surface area (Å²) in [5, 5.41) is 8.57. The number of alkyl halides is 3. The van der Waals surface area contributed by atoms with Crippen LogP contribution in [0.2, 0.25) is 5.02 Å². The second kappa shape index (κ2) is 12.6. The summed E-state index contributed by atoms with van der Waals surface area (Å²) in [6, 6.07) is 9.83. The fraction of sp³-hybridized carbons (Fsp3) is 0.414. The number of benzene rings is 2. The largest absolute Gasteiger partial charge is 0.465 e. The maximum absolute atomic E-state index is 14.6. The Labute approximate surface area is 263 Å². The summed E-state index contributed by atoms with van der Waals surface area (Å²) in [5.74, 6) is -0.596. The molecule has 2 saturated heterocycles. The highest BCUT2D eigenvalue weighted by Gasteiger charge is 2.46. The van der Waals surface area contributed by atoms with Crippen LogP contribution in [-0.4, -0.2) is 62.8 Å². The molecule has 3 aromatic rings. The molecule has 16 heteroatoms. The molecule has 2 aliphatic rings. The Morgan fingerprint density at radius 1 is 1.16 bits per heavy atom. The van der Waals surface area contributed by atoms with E-state index in [0.717, 1.165) is 12.8 Å². The first-order valence-electron chi connectivity index (χ1n) is 14.1. The van der Waals surface area contributed by atoms with Gasteiger partial charge in [-0.25, -0.2) is 13.6 Å². The van der Waals surface area contributed by atoms with Gasteiger partial charge in [-0.1, -0.05) is 29.8 Å². The number of piperidine rings is 1. The monoisotopic (exact) mass is 668 g/mol. The number of halogens is 4. The van der Waals surface area contributed by atoms with E-state index >= 15 is 0 Å². The summed E-state index contributed by atoms with van der Waals surface area (Å²) >= 11 is 6.15. The van der Waals surface area contributed by atoms with Gasteiger partial charge in [-0.3, -0.25) is 4.79 Å². The van der Waals surface area contributed by atoms with E-state index in [9.17, 15) is 26.4 Å². The third-order valence-corrected chi connectivity index (χ3v) is 9.28. The number of nitrogens with zero attached hydrogens (tertiary/aromatic N) is 3. The number of sulfonamides is 1. The minimum atomic E-state index is -4.90. The van der Waals surface area contributed by atoms with Crippen LogP contribution in [0.15, 0.2) is 53.4 Å². The number of nitrogens with two attached hydrogens (primary N) is 2. The fourth-order valence-electron chi connectivity index (χ4n) is 5.83. The Balaban J connectivity index is 1.39. The Kier molecular flexibility index (Phi) is 9.18. The first kappa shape index (κ1) is 32.7. The van der Waals surface area contributed by atoms with Crippen LogP contribution in [0.25, 0.3) is 11.1 Å². The maximum Gasteiger partial charge on any atom is 0.429 e. The van der Waals surface area contributed by atoms with Crippen molar-refractivity contribution in [3.05, 3.63) is 59.1 Å². The highest BCUT2D eigenvalue weighted by atomic mass is 35.5. The lowest BCUT2D eigenvalue weighted by Crippen LogP contribution is -2.41. The lowest BCUT2D eigenvalue weighted by Gasteiger charge is -2.39. The lowest BCUT2D eigenvalue weighted by molar-refractivity contribution is -0.198. The maximum atomic E-state index is 14.6. The quantitative estimate of drug-likeness (QED) is 0.296. The molecule has 2 fully saturated rings. The molecule has 45 heavy (non-hydrogen) atoms. The van der Waals surface area contributed by atoms with Crippen molar-refractivity contribution in [2.75, 3.05) is 36.9 Å². The van der Waals surface area contributed by atoms with Crippen LogP contribution in [0.3, 0.4) is 0 Å². The molecule has 2 atom stereocenters. The molecule has 2 aliphatic heterocycles. The van der Waals surface area contributed by atoms with Gasteiger partial charge in [0.1, 0.15) is 11.9 Å². The zero-order chi connectivity index (χ0) is 32.6. The first-order valence-corrected chi connectivity index (χ1v) is 16.1. The molecule has 0 bridgehead atoms. The number of nitrogen functional groups attached to an aromatic ring is 1. The van der Waals surface area contributed by atoms with Crippen LogP contribution in [0.4, 0.5) is 24.9 Å². The van der Waals surface area contributed by atoms with Crippen molar-refractivity contribution in [3.8, 4) is 17.0 Å². The third kappa shape index (κ3) is 7.43. The van der Waals surface area contributed by atoms with Gasteiger partial charge in [0.25, 0.3) is 0 Å². The second-order valence-corrected chi connectivity index (χ2v) is 13.1. The van der Waals surface area contributed by atoms with Crippen LogP contribution in [0.1, 0.15) is 37.9 Å². The molecular weight excluding hydrogens is 637 g/mol. The molecule has 0 aliphatic carbocycles. The molecule has 2 aromatic carbocycles. The number of hydrogen-bond donors (Lipinski definition) is 3. The molecule has 5 N–H and O–H groups in total. The van der Waals surface area contributed by atoms with E-state index in [0.29, 0.717) is 38.5 Å². The normalized spacial score (nSPS) is 19.0. The number of esters is 1. The summed E-state index contributed by atoms with van der Waals surface area (Å²) in [6.07, 6.45) is -5.30. The van der Waals surface area contributed by atoms with Crippen molar-refractivity contribution in [2.24, 2.45) is 10.6 Å². The smallest absolute Gasteiger partial charge is 0.429 e. The zero-order valence-corrected chi connectivity index (χ0v) is 25.8. The molecule has 1 spiro atoms. The van der Waals surface area contributed by atoms with Gasteiger partial charge in [-0.15, -0.1) is 0 Å². The minimum absolute atomic E-state index is 0.0701. The van der Waals surface area contributed by atoms with Crippen molar-refractivity contribution < 1.29 is 35.9 Å². The van der Waals surface area contributed by atoms with Gasteiger partial charge in [0.2, 0.25) is 28.0 Å². The molecule has 3 heterocycles. The highest BCUT2D eigenvalue weighted by Crippen LogP contribution is 2.43.